The number of hydrogen-bond acceptors (Lipinski definition) is 7. The van der Waals surface area contributed by atoms with Crippen LogP contribution in [0.4, 0.5) is 0 Å². The Kier molecular flexibility index (Phi) is 4.46. The largest absolute Gasteiger partial charge is 0.460 e. The van der Waals surface area contributed by atoms with E-state index in [0.717, 1.165) is 18.7 Å². The van der Waals surface area contributed by atoms with E-state index in [1.807, 2.05) is 6.08 Å². The van der Waals surface area contributed by atoms with Gasteiger partial charge in [0, 0.05) is 13.1 Å². The van der Waals surface area contributed by atoms with Gasteiger partial charge in [-0.2, -0.15) is 0 Å². The summed E-state index contributed by atoms with van der Waals surface area (Å²) in [6, 6.07) is -0.0995. The molecule has 140 valence electrons. The van der Waals surface area contributed by atoms with Gasteiger partial charge in [-0.15, -0.1) is 0 Å². The minimum absolute atomic E-state index is 0.0205. The van der Waals surface area contributed by atoms with Gasteiger partial charge in [-0.25, -0.2) is 4.79 Å². The molecule has 0 aromatic rings. The molecular weight excluding hydrogens is 326 g/mol. The predicted molar refractivity (Wildman–Crippen MR) is 88.5 cm³/mol. The van der Waals surface area contributed by atoms with E-state index in [1.54, 1.807) is 13.8 Å². The van der Waals surface area contributed by atoms with Gasteiger partial charge in [0.25, 0.3) is 0 Å². The van der Waals surface area contributed by atoms with E-state index in [0.29, 0.717) is 6.42 Å². The lowest BCUT2D eigenvalue weighted by Gasteiger charge is -2.42. The molecular formula is C18H27NO6. The zero-order chi connectivity index (χ0) is 18.6. The Morgan fingerprint density at radius 3 is 2.60 bits per heavy atom. The molecule has 7 nitrogen and oxygen atoms in total. The van der Waals surface area contributed by atoms with Crippen molar-refractivity contribution in [2.75, 3.05) is 19.7 Å². The summed E-state index contributed by atoms with van der Waals surface area (Å²) in [6.45, 7) is 7.54. The fourth-order valence-corrected chi connectivity index (χ4v) is 4.30. The molecule has 0 aliphatic carbocycles. The van der Waals surface area contributed by atoms with Crippen LogP contribution in [0.25, 0.3) is 0 Å². The van der Waals surface area contributed by atoms with Crippen molar-refractivity contribution >= 4 is 11.9 Å². The van der Waals surface area contributed by atoms with Gasteiger partial charge in [0.2, 0.25) is 0 Å². The Morgan fingerprint density at radius 2 is 1.96 bits per heavy atom. The van der Waals surface area contributed by atoms with Crippen molar-refractivity contribution in [3.05, 3.63) is 11.6 Å². The molecule has 3 aliphatic heterocycles. The third kappa shape index (κ3) is 2.78. The maximum Gasteiger partial charge on any atom is 0.341 e. The van der Waals surface area contributed by atoms with E-state index in [9.17, 15) is 19.8 Å². The number of ether oxygens (including phenoxy) is 2. The average Bonchev–Trinajstić information content (AvgIpc) is 3.06. The number of carbonyl (C=O) groups excluding carboxylic acids is 2. The maximum atomic E-state index is 12.9. The molecule has 5 atom stereocenters. The van der Waals surface area contributed by atoms with E-state index in [4.69, 9.17) is 9.47 Å². The average molecular weight is 353 g/mol. The summed E-state index contributed by atoms with van der Waals surface area (Å²) in [4.78, 5) is 27.6. The highest BCUT2D eigenvalue weighted by atomic mass is 16.6. The molecule has 3 rings (SSSR count). The molecule has 0 spiro atoms. The van der Waals surface area contributed by atoms with Crippen molar-refractivity contribution in [1.82, 2.24) is 4.90 Å². The van der Waals surface area contributed by atoms with Crippen molar-refractivity contribution in [3.63, 3.8) is 0 Å². The summed E-state index contributed by atoms with van der Waals surface area (Å²) in [6.07, 6.45) is 2.34. The molecule has 0 aromatic heterocycles. The summed E-state index contributed by atoms with van der Waals surface area (Å²) in [5, 5.41) is 21.7. The van der Waals surface area contributed by atoms with E-state index in [1.165, 1.54) is 13.8 Å². The Labute approximate surface area is 147 Å². The first kappa shape index (κ1) is 18.4. The Balaban J connectivity index is 2.02. The van der Waals surface area contributed by atoms with E-state index in [2.05, 4.69) is 4.90 Å². The topological polar surface area (TPSA) is 96.3 Å². The Morgan fingerprint density at radius 1 is 1.28 bits per heavy atom. The van der Waals surface area contributed by atoms with Crippen LogP contribution in [0.1, 0.15) is 34.1 Å². The minimum atomic E-state index is -2.24. The smallest absolute Gasteiger partial charge is 0.341 e. The molecule has 0 radical (unpaired) electrons. The summed E-state index contributed by atoms with van der Waals surface area (Å²) in [5.41, 5.74) is -3.39. The molecule has 0 bridgehead atoms. The van der Waals surface area contributed by atoms with Gasteiger partial charge in [0.05, 0.1) is 12.0 Å². The zero-order valence-corrected chi connectivity index (χ0v) is 15.2. The second kappa shape index (κ2) is 6.07. The van der Waals surface area contributed by atoms with Gasteiger partial charge in [-0.3, -0.25) is 9.69 Å². The molecule has 3 heterocycles. The van der Waals surface area contributed by atoms with E-state index >= 15 is 0 Å². The number of hydrogen-bond donors (Lipinski definition) is 2. The van der Waals surface area contributed by atoms with E-state index in [-0.39, 0.29) is 24.7 Å². The first-order valence-corrected chi connectivity index (χ1v) is 8.82. The predicted octanol–water partition coefficient (Wildman–Crippen LogP) is 0.244. The van der Waals surface area contributed by atoms with Gasteiger partial charge >= 0.3 is 11.9 Å². The Hall–Kier alpha value is -1.44. The third-order valence-electron chi connectivity index (χ3n) is 5.96. The molecule has 0 amide bonds. The van der Waals surface area contributed by atoms with Crippen LogP contribution in [0, 0.1) is 11.8 Å². The van der Waals surface area contributed by atoms with Crippen LogP contribution in [0.2, 0.25) is 0 Å². The van der Waals surface area contributed by atoms with E-state index < -0.39 is 29.1 Å². The fraction of sp³-hybridized carbons (Fsp3) is 0.778. The maximum absolute atomic E-state index is 12.9. The van der Waals surface area contributed by atoms with Gasteiger partial charge in [-0.05, 0) is 31.8 Å². The quantitative estimate of drug-likeness (QED) is 0.515. The number of carbonyl (C=O) groups is 2. The summed E-state index contributed by atoms with van der Waals surface area (Å²) in [7, 11) is 0. The molecule has 2 saturated heterocycles. The summed E-state index contributed by atoms with van der Waals surface area (Å²) >= 11 is 0. The molecule has 7 heteroatoms. The highest BCUT2D eigenvalue weighted by Crippen LogP contribution is 2.39. The van der Waals surface area contributed by atoms with Crippen molar-refractivity contribution in [2.45, 2.75) is 57.5 Å². The molecule has 0 aromatic carbocycles. The lowest BCUT2D eigenvalue weighted by atomic mass is 9.71. The van der Waals surface area contributed by atoms with Crippen LogP contribution in [0.15, 0.2) is 11.6 Å². The van der Waals surface area contributed by atoms with Gasteiger partial charge in [0.15, 0.2) is 5.60 Å². The van der Waals surface area contributed by atoms with Crippen LogP contribution >= 0.6 is 0 Å². The molecule has 0 unspecified atom stereocenters. The summed E-state index contributed by atoms with van der Waals surface area (Å²) in [5.74, 6) is -2.92. The van der Waals surface area contributed by atoms with Crippen LogP contribution in [0.5, 0.6) is 0 Å². The first-order valence-electron chi connectivity index (χ1n) is 8.82. The Bertz CT molecular complexity index is 609. The minimum Gasteiger partial charge on any atom is -0.460 e. The lowest BCUT2D eigenvalue weighted by Crippen LogP contribution is -2.63. The molecule has 3 aliphatic rings. The number of nitrogens with zero attached hydrogens (tertiary/aromatic N) is 1. The first-order chi connectivity index (χ1) is 11.6. The molecule has 2 fully saturated rings. The van der Waals surface area contributed by atoms with Crippen LogP contribution < -0.4 is 0 Å². The van der Waals surface area contributed by atoms with Crippen molar-refractivity contribution in [2.24, 2.45) is 11.8 Å². The second-order valence-corrected chi connectivity index (χ2v) is 8.00. The number of cyclic esters (lactones) is 1. The highest BCUT2D eigenvalue weighted by Gasteiger charge is 2.58. The SMILES string of the molecule is CC(C)[C@H]1C(=O)O[C@@H]2CCN3CC=C(COC(=O)[C@@](C)(O)[C@@]1(C)O)[C@H]23. The molecule has 2 N–H and O–H groups in total. The van der Waals surface area contributed by atoms with Gasteiger partial charge in [0.1, 0.15) is 18.3 Å². The fourth-order valence-electron chi connectivity index (χ4n) is 4.30. The van der Waals surface area contributed by atoms with Crippen LogP contribution in [0.3, 0.4) is 0 Å². The monoisotopic (exact) mass is 353 g/mol. The number of aliphatic hydroxyl groups is 2. The highest BCUT2D eigenvalue weighted by molar-refractivity contribution is 5.84. The molecule has 0 saturated carbocycles. The molecule has 25 heavy (non-hydrogen) atoms. The standard InChI is InChI=1S/C18H27NO6/c1-10(2)13-15(20)25-12-6-8-19-7-5-11(14(12)19)9-24-16(21)18(4,23)17(13,3)22/h5,10,12-14,22-23H,6-9H2,1-4H3/t12-,13+,14-,17+,18-/m1/s1. The van der Waals surface area contributed by atoms with Crippen LogP contribution in [-0.4, -0.2) is 70.1 Å². The number of esters is 2. The van der Waals surface area contributed by atoms with Crippen molar-refractivity contribution < 1.29 is 29.3 Å². The normalized spacial score (nSPS) is 42.5. The lowest BCUT2D eigenvalue weighted by molar-refractivity contribution is -0.210. The summed E-state index contributed by atoms with van der Waals surface area (Å²) < 4.78 is 11.1. The van der Waals surface area contributed by atoms with Gasteiger partial charge in [-0.1, -0.05) is 19.9 Å². The second-order valence-electron chi connectivity index (χ2n) is 8.00. The van der Waals surface area contributed by atoms with Gasteiger partial charge < -0.3 is 19.7 Å². The number of rotatable bonds is 1. The van der Waals surface area contributed by atoms with Crippen LogP contribution in [-0.2, 0) is 19.1 Å². The third-order valence-corrected chi connectivity index (χ3v) is 5.96. The van der Waals surface area contributed by atoms with Crippen molar-refractivity contribution in [3.8, 4) is 0 Å². The van der Waals surface area contributed by atoms with Crippen molar-refractivity contribution in [1.29, 1.82) is 0 Å². The zero-order valence-electron chi connectivity index (χ0n) is 15.2.